The molecule has 2 aromatic carbocycles. The average Bonchev–Trinajstić information content (AvgIpc) is 3.93. The van der Waals surface area contributed by atoms with Crippen molar-refractivity contribution in [3.8, 4) is 17.1 Å². The second-order valence-corrected chi connectivity index (χ2v) is 17.5. The number of sulfonamides is 1. The van der Waals surface area contributed by atoms with Crippen molar-refractivity contribution in [1.29, 1.82) is 0 Å². The Bertz CT molecular complexity index is 2300. The van der Waals surface area contributed by atoms with E-state index in [1.54, 1.807) is 6.07 Å². The Balaban J connectivity index is 1.20. The van der Waals surface area contributed by atoms with E-state index in [4.69, 9.17) is 19.1 Å². The Morgan fingerprint density at radius 2 is 1.75 bits per heavy atom. The van der Waals surface area contributed by atoms with Gasteiger partial charge in [0.05, 0.1) is 34.1 Å². The molecule has 3 atom stereocenters. The number of fused-ring (bicyclic) bond motifs is 1. The number of carbonyl (C=O) groups is 1. The highest BCUT2D eigenvalue weighted by atomic mass is 32.2. The maximum Gasteiger partial charge on any atom is 0.335 e. The molecule has 55 heavy (non-hydrogen) atoms. The van der Waals surface area contributed by atoms with Crippen LogP contribution in [0.2, 0.25) is 0 Å². The minimum absolute atomic E-state index is 0.0494. The summed E-state index contributed by atoms with van der Waals surface area (Å²) in [6, 6.07) is 12.7. The number of nitrogens with zero attached hydrogens (tertiary/aromatic N) is 4. The van der Waals surface area contributed by atoms with E-state index >= 15 is 0 Å². The number of aryl methyl sites for hydroxylation is 2. The molecular weight excluding hydrogens is 717 g/mol. The number of carboxylic acids is 1. The average molecular weight is 767 g/mol. The maximum absolute atomic E-state index is 13.6. The topological polar surface area (TPSA) is 169 Å². The van der Waals surface area contributed by atoms with E-state index in [1.165, 1.54) is 23.8 Å². The molecule has 2 fully saturated rings. The van der Waals surface area contributed by atoms with Gasteiger partial charge in [0.2, 0.25) is 17.5 Å². The number of hydrogen-bond donors (Lipinski definition) is 3. The van der Waals surface area contributed by atoms with E-state index < -0.39 is 16.0 Å². The molecule has 290 valence electrons. The van der Waals surface area contributed by atoms with E-state index in [0.717, 1.165) is 78.3 Å². The number of rotatable bonds is 13. The van der Waals surface area contributed by atoms with Crippen LogP contribution in [0.5, 0.6) is 5.88 Å². The van der Waals surface area contributed by atoms with Gasteiger partial charge in [-0.25, -0.2) is 32.9 Å². The molecule has 1 aliphatic heterocycles. The smallest absolute Gasteiger partial charge is 0.335 e. The highest BCUT2D eigenvalue weighted by Crippen LogP contribution is 2.47. The summed E-state index contributed by atoms with van der Waals surface area (Å²) >= 11 is 0. The van der Waals surface area contributed by atoms with Crippen LogP contribution >= 0.6 is 0 Å². The number of benzene rings is 2. The van der Waals surface area contributed by atoms with Crippen LogP contribution in [0.1, 0.15) is 123 Å². The largest absolute Gasteiger partial charge is 0.478 e. The highest BCUT2D eigenvalue weighted by Gasteiger charge is 2.35. The van der Waals surface area contributed by atoms with Crippen LogP contribution in [-0.2, 0) is 10.0 Å². The lowest BCUT2D eigenvalue weighted by molar-refractivity contribution is 0.0696. The molecule has 0 bridgehead atoms. The number of hydrogen-bond acceptors (Lipinski definition) is 10. The van der Waals surface area contributed by atoms with Crippen LogP contribution in [-0.4, -0.2) is 52.1 Å². The minimum Gasteiger partial charge on any atom is -0.478 e. The lowest BCUT2D eigenvalue weighted by Crippen LogP contribution is -2.42. The molecule has 0 spiro atoms. The molecule has 1 saturated heterocycles. The van der Waals surface area contributed by atoms with Crippen LogP contribution in [0.4, 0.5) is 5.95 Å². The van der Waals surface area contributed by atoms with Crippen molar-refractivity contribution in [3.05, 3.63) is 88.4 Å². The van der Waals surface area contributed by atoms with Crippen LogP contribution < -0.4 is 14.8 Å². The van der Waals surface area contributed by atoms with Crippen molar-refractivity contribution in [2.24, 2.45) is 11.8 Å². The van der Waals surface area contributed by atoms with Gasteiger partial charge in [-0.1, -0.05) is 58.4 Å². The Morgan fingerprint density at radius 3 is 2.44 bits per heavy atom. The van der Waals surface area contributed by atoms with Gasteiger partial charge in [0.15, 0.2) is 0 Å². The predicted molar refractivity (Wildman–Crippen MR) is 211 cm³/mol. The Labute approximate surface area is 322 Å². The second kappa shape index (κ2) is 15.7. The fraction of sp³-hybridized carbons (Fsp3) is 0.452. The minimum atomic E-state index is -4.26. The zero-order valence-electron chi connectivity index (χ0n) is 32.3. The molecule has 13 heteroatoms. The summed E-state index contributed by atoms with van der Waals surface area (Å²) in [4.78, 5) is 30.5. The quantitative estimate of drug-likeness (QED) is 0.105. The van der Waals surface area contributed by atoms with Crippen molar-refractivity contribution in [2.45, 2.75) is 109 Å². The van der Waals surface area contributed by atoms with Crippen LogP contribution in [0.3, 0.4) is 0 Å². The van der Waals surface area contributed by atoms with Crippen LogP contribution in [0.25, 0.3) is 22.5 Å². The lowest BCUT2D eigenvalue weighted by Gasteiger charge is -2.29. The predicted octanol–water partition coefficient (Wildman–Crippen LogP) is 8.72. The normalized spacial score (nSPS) is 19.2. The number of furan rings is 1. The summed E-state index contributed by atoms with van der Waals surface area (Å²) < 4.78 is 42.4. The first-order chi connectivity index (χ1) is 26.3. The summed E-state index contributed by atoms with van der Waals surface area (Å²) in [5, 5.41) is 13.4. The third-order valence-electron chi connectivity index (χ3n) is 10.6. The summed E-state index contributed by atoms with van der Waals surface area (Å²) in [5.74, 6) is 1.30. The number of nitrogens with one attached hydrogen (secondary N) is 2. The first kappa shape index (κ1) is 38.4. The van der Waals surface area contributed by atoms with Gasteiger partial charge in [-0.15, -0.1) is 0 Å². The van der Waals surface area contributed by atoms with Crippen molar-refractivity contribution in [3.63, 3.8) is 0 Å². The van der Waals surface area contributed by atoms with Gasteiger partial charge in [-0.05, 0) is 93.0 Å². The number of ether oxygens (including phenoxy) is 1. The third-order valence-corrected chi connectivity index (χ3v) is 12.0. The molecule has 5 aromatic rings. The first-order valence-electron chi connectivity index (χ1n) is 19.3. The van der Waals surface area contributed by atoms with Crippen LogP contribution in [0, 0.1) is 25.7 Å². The van der Waals surface area contributed by atoms with E-state index in [1.807, 2.05) is 38.2 Å². The number of anilines is 1. The van der Waals surface area contributed by atoms with E-state index in [0.29, 0.717) is 29.2 Å². The van der Waals surface area contributed by atoms with Gasteiger partial charge in [0, 0.05) is 29.2 Å². The van der Waals surface area contributed by atoms with E-state index in [9.17, 15) is 18.3 Å². The van der Waals surface area contributed by atoms with Crippen molar-refractivity contribution < 1.29 is 27.5 Å². The van der Waals surface area contributed by atoms with Crippen molar-refractivity contribution in [1.82, 2.24) is 25.3 Å². The molecule has 1 aliphatic carbocycles. The number of carboxylic acid groups (broad SMARTS) is 1. The lowest BCUT2D eigenvalue weighted by atomic mass is 9.87. The summed E-state index contributed by atoms with van der Waals surface area (Å²) in [6.45, 7) is 13.0. The van der Waals surface area contributed by atoms with Gasteiger partial charge in [0.1, 0.15) is 17.9 Å². The molecule has 1 unspecified atom stereocenters. The van der Waals surface area contributed by atoms with E-state index in [-0.39, 0.29) is 46.9 Å². The standard InChI is InChI=1S/C42H50N6O6S/c1-23(2)18-28-12-9-15-31(33-21-43-40-38(45-33)37(27-16-17-27)39(54-40)24(3)4)44-34(28)22-53-35-20-32(36-25(5)10-7-11-26(36)6)46-42(47-35)48-55(51,52)30-14-8-13-29(19-30)41(49)50/h7-8,10-11,13-14,19-21,23-24,27-28,31,34,44H,9,12,15-18,22H2,1-6H3,(H,49,50)(H,46,47,48)/t28-,31?,34-/m0/s1. The Kier molecular flexibility index (Phi) is 11.0. The third kappa shape index (κ3) is 8.52. The van der Waals surface area contributed by atoms with Gasteiger partial charge in [-0.3, -0.25) is 0 Å². The molecule has 12 nitrogen and oxygen atoms in total. The van der Waals surface area contributed by atoms with E-state index in [2.05, 4.69) is 47.7 Å². The maximum atomic E-state index is 13.6. The number of aromatic carboxylic acids is 1. The van der Waals surface area contributed by atoms with Gasteiger partial charge >= 0.3 is 5.97 Å². The molecule has 2 aliphatic rings. The van der Waals surface area contributed by atoms with Gasteiger partial charge in [-0.2, -0.15) is 4.98 Å². The van der Waals surface area contributed by atoms with Crippen LogP contribution in [0.15, 0.2) is 64.0 Å². The van der Waals surface area contributed by atoms with Crippen molar-refractivity contribution in [2.75, 3.05) is 11.3 Å². The summed E-state index contributed by atoms with van der Waals surface area (Å²) in [7, 11) is -4.26. The first-order valence-corrected chi connectivity index (χ1v) is 20.8. The molecule has 3 N–H and O–H groups in total. The van der Waals surface area contributed by atoms with Crippen molar-refractivity contribution >= 4 is 33.2 Å². The molecule has 4 heterocycles. The Morgan fingerprint density at radius 1 is 1.00 bits per heavy atom. The molecule has 3 aromatic heterocycles. The zero-order valence-corrected chi connectivity index (χ0v) is 33.1. The second-order valence-electron chi connectivity index (χ2n) is 15.8. The Hall–Kier alpha value is -4.88. The molecule has 0 radical (unpaired) electrons. The molecule has 1 saturated carbocycles. The fourth-order valence-corrected chi connectivity index (χ4v) is 8.88. The molecule has 0 amide bonds. The van der Waals surface area contributed by atoms with Gasteiger partial charge in [0.25, 0.3) is 10.0 Å². The highest BCUT2D eigenvalue weighted by molar-refractivity contribution is 7.92. The summed E-state index contributed by atoms with van der Waals surface area (Å²) in [6.07, 6.45) is 8.07. The molecule has 7 rings (SSSR count). The van der Waals surface area contributed by atoms with Gasteiger partial charge < -0.3 is 19.6 Å². The fourth-order valence-electron chi connectivity index (χ4n) is 7.89. The zero-order chi connectivity index (χ0) is 39.0. The summed E-state index contributed by atoms with van der Waals surface area (Å²) in [5.41, 5.74) is 6.70. The number of aromatic nitrogens is 4. The monoisotopic (exact) mass is 766 g/mol. The molecular formula is C42H50N6O6S. The SMILES string of the molecule is Cc1cccc(C)c1-c1cc(OC[C@@H]2NC(c3cnc4oc(C(C)C)c(C5CC5)c4n3)CCC[C@H]2CC(C)C)nc(NS(=O)(=O)c2cccc(C(=O)O)c2)n1.